The Kier molecular flexibility index (Phi) is 8.30. The summed E-state index contributed by atoms with van der Waals surface area (Å²) in [6, 6.07) is 13.1. The number of esters is 1. The van der Waals surface area contributed by atoms with Crippen molar-refractivity contribution in [3.8, 4) is 0 Å². The van der Waals surface area contributed by atoms with Gasteiger partial charge in [-0.2, -0.15) is 0 Å². The van der Waals surface area contributed by atoms with Crippen LogP contribution in [0.2, 0.25) is 0 Å². The molecule has 0 unspecified atom stereocenters. The van der Waals surface area contributed by atoms with Crippen LogP contribution < -0.4 is 10.2 Å². The molecule has 1 aliphatic heterocycles. The molecule has 0 saturated carbocycles. The van der Waals surface area contributed by atoms with Crippen LogP contribution in [0.4, 0.5) is 15.8 Å². The van der Waals surface area contributed by atoms with Crippen molar-refractivity contribution in [2.75, 3.05) is 23.4 Å². The molecule has 3 aromatic rings. The van der Waals surface area contributed by atoms with Gasteiger partial charge in [0.05, 0.1) is 24.3 Å². The Morgan fingerprint density at radius 2 is 1.81 bits per heavy atom. The molecule has 2 amide bonds. The van der Waals surface area contributed by atoms with E-state index in [0.29, 0.717) is 29.9 Å². The number of amides is 2. The van der Waals surface area contributed by atoms with Crippen molar-refractivity contribution in [3.05, 3.63) is 81.8 Å². The molecule has 0 radical (unpaired) electrons. The van der Waals surface area contributed by atoms with E-state index < -0.39 is 17.8 Å². The van der Waals surface area contributed by atoms with E-state index in [1.807, 2.05) is 18.4 Å². The molecule has 1 aromatic heterocycles. The minimum atomic E-state index is -0.809. The number of carbonyl (C=O) groups is 3. The van der Waals surface area contributed by atoms with E-state index in [1.54, 1.807) is 47.4 Å². The number of anilines is 2. The van der Waals surface area contributed by atoms with Gasteiger partial charge in [-0.1, -0.05) is 0 Å². The third-order valence-electron chi connectivity index (χ3n) is 6.01. The Hall–Kier alpha value is -3.63. The molecule has 0 bridgehead atoms. The van der Waals surface area contributed by atoms with Gasteiger partial charge in [0.25, 0.3) is 5.91 Å². The lowest BCUT2D eigenvalue weighted by Gasteiger charge is -2.24. The van der Waals surface area contributed by atoms with Gasteiger partial charge in [0.2, 0.25) is 5.91 Å². The van der Waals surface area contributed by atoms with Crippen LogP contribution >= 0.6 is 23.6 Å². The highest BCUT2D eigenvalue weighted by molar-refractivity contribution is 7.80. The summed E-state index contributed by atoms with van der Waals surface area (Å²) in [4.78, 5) is 42.6. The number of ether oxygens (including phenoxy) is 1. The molecule has 4 rings (SSSR count). The van der Waals surface area contributed by atoms with Crippen LogP contribution in [0.25, 0.3) is 0 Å². The lowest BCUT2D eigenvalue weighted by molar-refractivity contribution is -0.124. The molecule has 0 spiro atoms. The Bertz CT molecular complexity index is 1310. The summed E-state index contributed by atoms with van der Waals surface area (Å²) in [5.41, 5.74) is 2.48. The van der Waals surface area contributed by atoms with Gasteiger partial charge < -0.3 is 15.0 Å². The van der Waals surface area contributed by atoms with Gasteiger partial charge in [-0.25, -0.2) is 9.18 Å². The number of carbonyl (C=O) groups excluding carboxylic acids is 3. The van der Waals surface area contributed by atoms with Crippen LogP contribution in [-0.4, -0.2) is 47.0 Å². The van der Waals surface area contributed by atoms with Gasteiger partial charge >= 0.3 is 5.97 Å². The second-order valence-electron chi connectivity index (χ2n) is 8.47. The SMILES string of the molecule is CCOC(=O)c1ccc(NC(=O)C[C@@H]2C(=O)N(c3ccc(F)cc3)C(=S)N2CCc2sccc2C)cc1. The van der Waals surface area contributed by atoms with Crippen LogP contribution in [0.5, 0.6) is 0 Å². The maximum Gasteiger partial charge on any atom is 0.338 e. The molecule has 1 aliphatic rings. The molecule has 1 fully saturated rings. The number of aryl methyl sites for hydroxylation is 1. The predicted molar refractivity (Wildman–Crippen MR) is 145 cm³/mol. The molecule has 1 atom stereocenters. The van der Waals surface area contributed by atoms with E-state index in [-0.39, 0.29) is 30.0 Å². The monoisotopic (exact) mass is 539 g/mol. The average Bonchev–Trinajstić information content (AvgIpc) is 3.38. The third kappa shape index (κ3) is 6.03. The van der Waals surface area contributed by atoms with Crippen LogP contribution in [-0.2, 0) is 20.7 Å². The second kappa shape index (κ2) is 11.6. The number of halogens is 1. The molecular formula is C27H26FN3O4S2. The summed E-state index contributed by atoms with van der Waals surface area (Å²) in [6.45, 7) is 4.48. The Balaban J connectivity index is 1.51. The zero-order chi connectivity index (χ0) is 26.5. The number of nitrogens with zero attached hydrogens (tertiary/aromatic N) is 2. The Morgan fingerprint density at radius 3 is 2.43 bits per heavy atom. The Morgan fingerprint density at radius 1 is 1.11 bits per heavy atom. The van der Waals surface area contributed by atoms with Crippen molar-refractivity contribution in [1.82, 2.24) is 4.90 Å². The fourth-order valence-corrected chi connectivity index (χ4v) is 5.40. The summed E-state index contributed by atoms with van der Waals surface area (Å²) in [5.74, 6) is -1.57. The summed E-state index contributed by atoms with van der Waals surface area (Å²) in [7, 11) is 0. The number of benzene rings is 2. The first-order chi connectivity index (χ1) is 17.8. The number of thiocarbonyl (C=S) groups is 1. The van der Waals surface area contributed by atoms with Crippen molar-refractivity contribution < 1.29 is 23.5 Å². The molecule has 1 N–H and O–H groups in total. The van der Waals surface area contributed by atoms with Gasteiger partial charge in [-0.15, -0.1) is 11.3 Å². The summed E-state index contributed by atoms with van der Waals surface area (Å²) < 4.78 is 18.5. The van der Waals surface area contributed by atoms with Gasteiger partial charge in [-0.05, 0) is 98.0 Å². The van der Waals surface area contributed by atoms with E-state index in [2.05, 4.69) is 5.32 Å². The average molecular weight is 540 g/mol. The highest BCUT2D eigenvalue weighted by Crippen LogP contribution is 2.29. The van der Waals surface area contributed by atoms with E-state index >= 15 is 0 Å². The quantitative estimate of drug-likeness (QED) is 0.306. The fourth-order valence-electron chi connectivity index (χ4n) is 4.09. The number of thiophene rings is 1. The molecule has 2 aromatic carbocycles. The van der Waals surface area contributed by atoms with Gasteiger partial charge in [0, 0.05) is 17.1 Å². The summed E-state index contributed by atoms with van der Waals surface area (Å²) >= 11 is 7.30. The number of hydrogen-bond donors (Lipinski definition) is 1. The third-order valence-corrected chi connectivity index (χ3v) is 7.51. The lowest BCUT2D eigenvalue weighted by atomic mass is 10.1. The first kappa shape index (κ1) is 26.4. The van der Waals surface area contributed by atoms with Crippen molar-refractivity contribution in [1.29, 1.82) is 0 Å². The molecule has 2 heterocycles. The smallest absolute Gasteiger partial charge is 0.338 e. The summed E-state index contributed by atoms with van der Waals surface area (Å²) in [6.07, 6.45) is 0.543. The van der Waals surface area contributed by atoms with Crippen LogP contribution in [0.3, 0.4) is 0 Å². The van der Waals surface area contributed by atoms with Gasteiger partial charge in [-0.3, -0.25) is 14.5 Å². The molecule has 192 valence electrons. The largest absolute Gasteiger partial charge is 0.462 e. The second-order valence-corrected chi connectivity index (χ2v) is 9.83. The zero-order valence-corrected chi connectivity index (χ0v) is 22.0. The topological polar surface area (TPSA) is 78.9 Å². The molecular weight excluding hydrogens is 513 g/mol. The first-order valence-corrected chi connectivity index (χ1v) is 13.1. The minimum Gasteiger partial charge on any atom is -0.462 e. The fraction of sp³-hybridized carbons (Fsp3) is 0.259. The maximum atomic E-state index is 13.5. The maximum absolute atomic E-state index is 13.5. The number of rotatable bonds is 9. The van der Waals surface area contributed by atoms with Crippen LogP contribution in [0.15, 0.2) is 60.0 Å². The van der Waals surface area contributed by atoms with E-state index in [1.165, 1.54) is 34.0 Å². The molecule has 1 saturated heterocycles. The van der Waals surface area contributed by atoms with Crippen molar-refractivity contribution in [2.45, 2.75) is 32.7 Å². The van der Waals surface area contributed by atoms with Crippen LogP contribution in [0.1, 0.15) is 34.1 Å². The highest BCUT2D eigenvalue weighted by Gasteiger charge is 2.44. The number of nitrogens with one attached hydrogen (secondary N) is 1. The van der Waals surface area contributed by atoms with Crippen LogP contribution in [0, 0.1) is 12.7 Å². The lowest BCUT2D eigenvalue weighted by Crippen LogP contribution is -2.39. The van der Waals surface area contributed by atoms with E-state index in [9.17, 15) is 18.8 Å². The standard InChI is InChI=1S/C27H26FN3O4S2/c1-3-35-26(34)18-4-8-20(9-5-18)29-24(32)16-22-25(33)31(21-10-6-19(28)7-11-21)27(36)30(22)14-12-23-17(2)13-15-37-23/h4-11,13,15,22H,3,12,14,16H2,1-2H3,(H,29,32)/t22-/m1/s1. The van der Waals surface area contributed by atoms with Crippen molar-refractivity contribution in [3.63, 3.8) is 0 Å². The molecule has 37 heavy (non-hydrogen) atoms. The summed E-state index contributed by atoms with van der Waals surface area (Å²) in [5, 5.41) is 5.08. The molecule has 7 nitrogen and oxygen atoms in total. The highest BCUT2D eigenvalue weighted by atomic mass is 32.1. The molecule has 10 heteroatoms. The van der Waals surface area contributed by atoms with E-state index in [0.717, 1.165) is 5.56 Å². The zero-order valence-electron chi connectivity index (χ0n) is 20.4. The van der Waals surface area contributed by atoms with Gasteiger partial charge in [0.1, 0.15) is 11.9 Å². The predicted octanol–water partition coefficient (Wildman–Crippen LogP) is 4.95. The molecule has 0 aliphatic carbocycles. The van der Waals surface area contributed by atoms with Gasteiger partial charge in [0.15, 0.2) is 5.11 Å². The van der Waals surface area contributed by atoms with Crippen molar-refractivity contribution >= 4 is 57.8 Å². The Labute approximate surface area is 223 Å². The minimum absolute atomic E-state index is 0.125. The normalized spacial score (nSPS) is 15.3. The first-order valence-electron chi connectivity index (χ1n) is 11.8. The van der Waals surface area contributed by atoms with E-state index in [4.69, 9.17) is 17.0 Å². The van der Waals surface area contributed by atoms with Crippen molar-refractivity contribution in [2.24, 2.45) is 0 Å². The number of hydrogen-bond acceptors (Lipinski definition) is 6.